The fourth-order valence-electron chi connectivity index (χ4n) is 2.04. The number of carbonyl (C=O) groups is 1. The van der Waals surface area contributed by atoms with E-state index in [1.165, 1.54) is 18.2 Å². The molecule has 0 bridgehead atoms. The van der Waals surface area contributed by atoms with E-state index in [-0.39, 0.29) is 17.8 Å². The molecule has 5 heteroatoms. The lowest BCUT2D eigenvalue weighted by Crippen LogP contribution is -2.29. The van der Waals surface area contributed by atoms with Crippen molar-refractivity contribution in [2.45, 2.75) is 25.5 Å². The highest BCUT2D eigenvalue weighted by Crippen LogP contribution is 2.27. The van der Waals surface area contributed by atoms with Gasteiger partial charge in [-0.3, -0.25) is 4.79 Å². The Morgan fingerprint density at radius 2 is 2.28 bits per heavy atom. The van der Waals surface area contributed by atoms with Gasteiger partial charge in [-0.2, -0.15) is 0 Å². The monoisotopic (exact) mass is 252 g/mol. The van der Waals surface area contributed by atoms with Crippen LogP contribution in [0.25, 0.3) is 0 Å². The number of benzene rings is 1. The lowest BCUT2D eigenvalue weighted by Gasteiger charge is -2.17. The quantitative estimate of drug-likeness (QED) is 0.886. The first-order chi connectivity index (χ1) is 8.49. The minimum absolute atomic E-state index is 0.0463. The van der Waals surface area contributed by atoms with E-state index in [9.17, 15) is 9.18 Å². The number of rotatable bonds is 3. The third kappa shape index (κ3) is 2.46. The summed E-state index contributed by atoms with van der Waals surface area (Å²) in [5, 5.41) is 0. The van der Waals surface area contributed by atoms with E-state index in [4.69, 9.17) is 10.5 Å². The van der Waals surface area contributed by atoms with Gasteiger partial charge in [-0.05, 0) is 25.1 Å². The third-order valence-electron chi connectivity index (χ3n) is 3.11. The van der Waals surface area contributed by atoms with Crippen LogP contribution in [-0.4, -0.2) is 30.5 Å². The zero-order chi connectivity index (χ0) is 13.3. The van der Waals surface area contributed by atoms with Crippen molar-refractivity contribution >= 4 is 5.91 Å². The standard InChI is InChI=1S/C13H17FN2O2/c1-8(15)10-7-9(14)3-4-11(10)18-12-5-6-16(2)13(12)17/h3-4,7-8,12H,5-6,15H2,1-2H3/t8-,12?/m0/s1. The SMILES string of the molecule is C[C@H](N)c1cc(F)ccc1OC1CCN(C)C1=O. The molecule has 0 aromatic heterocycles. The van der Waals surface area contributed by atoms with Crippen LogP contribution < -0.4 is 10.5 Å². The first-order valence-electron chi connectivity index (χ1n) is 5.95. The molecule has 2 atom stereocenters. The van der Waals surface area contributed by atoms with Crippen molar-refractivity contribution in [2.75, 3.05) is 13.6 Å². The second-order valence-corrected chi connectivity index (χ2v) is 4.63. The Morgan fingerprint density at radius 1 is 1.56 bits per heavy atom. The number of nitrogens with two attached hydrogens (primary N) is 1. The molecule has 2 N–H and O–H groups in total. The summed E-state index contributed by atoms with van der Waals surface area (Å²) in [6.07, 6.45) is 0.156. The lowest BCUT2D eigenvalue weighted by atomic mass is 10.1. The number of hydrogen-bond acceptors (Lipinski definition) is 3. The minimum Gasteiger partial charge on any atom is -0.480 e. The molecule has 1 saturated heterocycles. The summed E-state index contributed by atoms with van der Waals surface area (Å²) in [6, 6.07) is 3.84. The third-order valence-corrected chi connectivity index (χ3v) is 3.11. The molecule has 1 aliphatic heterocycles. The van der Waals surface area contributed by atoms with Crippen LogP contribution >= 0.6 is 0 Å². The van der Waals surface area contributed by atoms with Crippen molar-refractivity contribution in [1.29, 1.82) is 0 Å². The van der Waals surface area contributed by atoms with Crippen molar-refractivity contribution in [3.8, 4) is 5.75 Å². The highest BCUT2D eigenvalue weighted by Gasteiger charge is 2.31. The molecule has 1 unspecified atom stereocenters. The molecule has 1 aromatic carbocycles. The van der Waals surface area contributed by atoms with Crippen LogP contribution in [0.3, 0.4) is 0 Å². The molecule has 1 heterocycles. The molecule has 1 aromatic rings. The highest BCUT2D eigenvalue weighted by molar-refractivity contribution is 5.83. The molecule has 1 fully saturated rings. The summed E-state index contributed by atoms with van der Waals surface area (Å²) in [6.45, 7) is 2.43. The number of nitrogens with zero attached hydrogens (tertiary/aromatic N) is 1. The molecule has 0 radical (unpaired) electrons. The minimum atomic E-state index is -0.488. The summed E-state index contributed by atoms with van der Waals surface area (Å²) in [5.74, 6) is 0.0829. The summed E-state index contributed by atoms with van der Waals surface area (Å²) < 4.78 is 18.8. The number of ether oxygens (including phenoxy) is 1. The molecule has 1 aliphatic rings. The van der Waals surface area contributed by atoms with Gasteiger partial charge >= 0.3 is 0 Å². The van der Waals surface area contributed by atoms with Crippen LogP contribution in [0.5, 0.6) is 5.75 Å². The van der Waals surface area contributed by atoms with Crippen molar-refractivity contribution in [3.63, 3.8) is 0 Å². The van der Waals surface area contributed by atoms with Gasteiger partial charge in [0.1, 0.15) is 11.6 Å². The van der Waals surface area contributed by atoms with E-state index in [1.54, 1.807) is 18.9 Å². The first kappa shape index (κ1) is 12.8. The molecular formula is C13H17FN2O2. The predicted octanol–water partition coefficient (Wildman–Crippen LogP) is 1.45. The van der Waals surface area contributed by atoms with Crippen molar-refractivity contribution in [1.82, 2.24) is 4.90 Å². The van der Waals surface area contributed by atoms with E-state index in [2.05, 4.69) is 0 Å². The van der Waals surface area contributed by atoms with Crippen molar-refractivity contribution in [3.05, 3.63) is 29.6 Å². The molecule has 18 heavy (non-hydrogen) atoms. The number of hydrogen-bond donors (Lipinski definition) is 1. The van der Waals surface area contributed by atoms with E-state index in [1.807, 2.05) is 0 Å². The summed E-state index contributed by atoms with van der Waals surface area (Å²) >= 11 is 0. The van der Waals surface area contributed by atoms with Crippen LogP contribution in [0.4, 0.5) is 4.39 Å². The van der Waals surface area contributed by atoms with Gasteiger partial charge in [0, 0.05) is 31.6 Å². The summed E-state index contributed by atoms with van der Waals surface area (Å²) in [4.78, 5) is 13.4. The zero-order valence-corrected chi connectivity index (χ0v) is 10.5. The average molecular weight is 252 g/mol. The Kier molecular flexibility index (Phi) is 3.52. The number of likely N-dealkylation sites (N-methyl/N-ethyl adjacent to an activating group) is 1. The van der Waals surface area contributed by atoms with E-state index < -0.39 is 6.10 Å². The lowest BCUT2D eigenvalue weighted by molar-refractivity contribution is -0.132. The Labute approximate surface area is 106 Å². The molecule has 0 spiro atoms. The largest absolute Gasteiger partial charge is 0.480 e. The molecule has 1 amide bonds. The second kappa shape index (κ2) is 4.94. The van der Waals surface area contributed by atoms with E-state index in [0.29, 0.717) is 24.3 Å². The summed E-state index contributed by atoms with van der Waals surface area (Å²) in [5.41, 5.74) is 6.36. The van der Waals surface area contributed by atoms with Gasteiger partial charge in [-0.25, -0.2) is 4.39 Å². The number of amides is 1. The molecule has 0 aliphatic carbocycles. The van der Waals surface area contributed by atoms with Gasteiger partial charge in [0.05, 0.1) is 0 Å². The molecule has 4 nitrogen and oxygen atoms in total. The van der Waals surface area contributed by atoms with Crippen molar-refractivity contribution < 1.29 is 13.9 Å². The first-order valence-corrected chi connectivity index (χ1v) is 5.95. The van der Waals surface area contributed by atoms with Crippen molar-refractivity contribution in [2.24, 2.45) is 5.73 Å². The zero-order valence-electron chi connectivity index (χ0n) is 10.5. The number of halogens is 1. The topological polar surface area (TPSA) is 55.6 Å². The maximum atomic E-state index is 13.2. The van der Waals surface area contributed by atoms with Gasteiger partial charge in [-0.15, -0.1) is 0 Å². The van der Waals surface area contributed by atoms with E-state index >= 15 is 0 Å². The van der Waals surface area contributed by atoms with Gasteiger partial charge in [0.25, 0.3) is 5.91 Å². The smallest absolute Gasteiger partial charge is 0.263 e. The maximum absolute atomic E-state index is 13.2. The molecular weight excluding hydrogens is 235 g/mol. The Morgan fingerprint density at radius 3 is 2.83 bits per heavy atom. The average Bonchev–Trinajstić information content (AvgIpc) is 2.63. The number of likely N-dealkylation sites (tertiary alicyclic amines) is 1. The summed E-state index contributed by atoms with van der Waals surface area (Å²) in [7, 11) is 1.74. The van der Waals surface area contributed by atoms with Gasteiger partial charge in [0.15, 0.2) is 6.10 Å². The Bertz CT molecular complexity index is 462. The van der Waals surface area contributed by atoms with E-state index in [0.717, 1.165) is 0 Å². The molecule has 2 rings (SSSR count). The van der Waals surface area contributed by atoms with Crippen LogP contribution in [-0.2, 0) is 4.79 Å². The van der Waals surface area contributed by atoms with Gasteiger partial charge < -0.3 is 15.4 Å². The second-order valence-electron chi connectivity index (χ2n) is 4.63. The maximum Gasteiger partial charge on any atom is 0.263 e. The predicted molar refractivity (Wildman–Crippen MR) is 65.7 cm³/mol. The van der Waals surface area contributed by atoms with Crippen LogP contribution in [0.2, 0.25) is 0 Å². The van der Waals surface area contributed by atoms with Crippen LogP contribution in [0, 0.1) is 5.82 Å². The van der Waals surface area contributed by atoms with Gasteiger partial charge in [0.2, 0.25) is 0 Å². The normalized spacial score (nSPS) is 21.2. The van der Waals surface area contributed by atoms with Crippen LogP contribution in [0.15, 0.2) is 18.2 Å². The Balaban J connectivity index is 2.21. The Hall–Kier alpha value is -1.62. The molecule has 0 saturated carbocycles. The molecule has 98 valence electrons. The highest BCUT2D eigenvalue weighted by atomic mass is 19.1. The fraction of sp³-hybridized carbons (Fsp3) is 0.462. The van der Waals surface area contributed by atoms with Crippen LogP contribution in [0.1, 0.15) is 24.9 Å². The fourth-order valence-corrected chi connectivity index (χ4v) is 2.04. The van der Waals surface area contributed by atoms with Gasteiger partial charge in [-0.1, -0.05) is 0 Å². The number of carbonyl (C=O) groups excluding carboxylic acids is 1.